The first-order chi connectivity index (χ1) is 15.7. The molecule has 0 unspecified atom stereocenters. The van der Waals surface area contributed by atoms with Crippen molar-refractivity contribution >= 4 is 11.5 Å². The van der Waals surface area contributed by atoms with Gasteiger partial charge in [0.1, 0.15) is 5.75 Å². The number of carbonyl (C=O) groups is 1. The van der Waals surface area contributed by atoms with Gasteiger partial charge in [0.05, 0.1) is 0 Å². The minimum Gasteiger partial charge on any atom is -0.452 e. The number of H-pyrrole nitrogens is 1. The SMILES string of the molecule is Cc1ccc(Oc2ccc(C(=C[C@H]3CCC(=O)N3)c3ccc(C(C)(C)C)cc3)[nH]c2=O)cc1. The number of aromatic amines is 1. The zero-order chi connectivity index (χ0) is 23.6. The molecule has 1 fully saturated rings. The molecule has 0 radical (unpaired) electrons. The number of aryl methyl sites for hydroxylation is 1. The number of amides is 1. The smallest absolute Gasteiger partial charge is 0.291 e. The van der Waals surface area contributed by atoms with Gasteiger partial charge in [-0.2, -0.15) is 0 Å². The minimum absolute atomic E-state index is 0.0467. The minimum atomic E-state index is -0.305. The molecule has 33 heavy (non-hydrogen) atoms. The van der Waals surface area contributed by atoms with Crippen molar-refractivity contribution in [2.45, 2.75) is 52.0 Å². The predicted octanol–water partition coefficient (Wildman–Crippen LogP) is 5.48. The number of aromatic nitrogens is 1. The molecule has 0 aliphatic carbocycles. The van der Waals surface area contributed by atoms with Crippen molar-refractivity contribution in [3.8, 4) is 11.5 Å². The Morgan fingerprint density at radius 2 is 1.67 bits per heavy atom. The molecule has 3 aromatic rings. The molecule has 5 nitrogen and oxygen atoms in total. The van der Waals surface area contributed by atoms with Crippen molar-refractivity contribution < 1.29 is 9.53 Å². The second-order valence-corrected chi connectivity index (χ2v) is 9.60. The maximum Gasteiger partial charge on any atom is 0.291 e. The molecule has 1 aliphatic heterocycles. The molecule has 1 amide bonds. The van der Waals surface area contributed by atoms with E-state index in [0.29, 0.717) is 17.9 Å². The monoisotopic (exact) mass is 442 g/mol. The van der Waals surface area contributed by atoms with Crippen molar-refractivity contribution in [2.75, 3.05) is 0 Å². The second kappa shape index (κ2) is 9.10. The summed E-state index contributed by atoms with van der Waals surface area (Å²) in [7, 11) is 0. The van der Waals surface area contributed by atoms with Gasteiger partial charge in [-0.3, -0.25) is 9.59 Å². The Morgan fingerprint density at radius 3 is 2.24 bits per heavy atom. The van der Waals surface area contributed by atoms with Crippen LogP contribution >= 0.6 is 0 Å². The van der Waals surface area contributed by atoms with Crippen LogP contribution in [-0.4, -0.2) is 16.9 Å². The van der Waals surface area contributed by atoms with Gasteiger partial charge < -0.3 is 15.0 Å². The average Bonchev–Trinajstić information content (AvgIpc) is 3.19. The molecule has 2 aromatic carbocycles. The van der Waals surface area contributed by atoms with Gasteiger partial charge in [-0.15, -0.1) is 0 Å². The van der Waals surface area contributed by atoms with Crippen LogP contribution in [0.1, 0.15) is 56.0 Å². The Bertz CT molecular complexity index is 1230. The lowest BCUT2D eigenvalue weighted by Crippen LogP contribution is -2.23. The van der Waals surface area contributed by atoms with E-state index in [9.17, 15) is 9.59 Å². The Kier molecular flexibility index (Phi) is 6.23. The molecule has 2 N–H and O–H groups in total. The normalized spacial score (nSPS) is 16.5. The molecule has 5 heteroatoms. The van der Waals surface area contributed by atoms with E-state index >= 15 is 0 Å². The van der Waals surface area contributed by atoms with E-state index in [1.54, 1.807) is 6.07 Å². The first-order valence-corrected chi connectivity index (χ1v) is 11.3. The van der Waals surface area contributed by atoms with Crippen LogP contribution < -0.4 is 15.6 Å². The van der Waals surface area contributed by atoms with Crippen molar-refractivity contribution in [1.29, 1.82) is 0 Å². The number of rotatable bonds is 5. The number of benzene rings is 2. The van der Waals surface area contributed by atoms with Crippen LogP contribution in [0.25, 0.3) is 5.57 Å². The number of ether oxygens (including phenoxy) is 1. The number of nitrogens with one attached hydrogen (secondary N) is 2. The van der Waals surface area contributed by atoms with Gasteiger partial charge >= 0.3 is 0 Å². The molecular weight excluding hydrogens is 412 g/mol. The van der Waals surface area contributed by atoms with Crippen LogP contribution in [0.5, 0.6) is 11.5 Å². The number of hydrogen-bond acceptors (Lipinski definition) is 3. The highest BCUT2D eigenvalue weighted by Crippen LogP contribution is 2.29. The lowest BCUT2D eigenvalue weighted by molar-refractivity contribution is -0.119. The fourth-order valence-corrected chi connectivity index (χ4v) is 3.89. The summed E-state index contributed by atoms with van der Waals surface area (Å²) in [6.45, 7) is 8.53. The third kappa shape index (κ3) is 5.43. The summed E-state index contributed by atoms with van der Waals surface area (Å²) >= 11 is 0. The fourth-order valence-electron chi connectivity index (χ4n) is 3.89. The predicted molar refractivity (Wildman–Crippen MR) is 132 cm³/mol. The summed E-state index contributed by atoms with van der Waals surface area (Å²) < 4.78 is 5.79. The summed E-state index contributed by atoms with van der Waals surface area (Å²) in [5, 5.41) is 2.99. The van der Waals surface area contributed by atoms with Crippen molar-refractivity contribution in [3.63, 3.8) is 0 Å². The zero-order valence-electron chi connectivity index (χ0n) is 19.6. The first kappa shape index (κ1) is 22.6. The largest absolute Gasteiger partial charge is 0.452 e. The van der Waals surface area contributed by atoms with Gasteiger partial charge in [0.25, 0.3) is 5.56 Å². The third-order valence-electron chi connectivity index (χ3n) is 5.87. The quantitative estimate of drug-likeness (QED) is 0.549. The third-order valence-corrected chi connectivity index (χ3v) is 5.87. The van der Waals surface area contributed by atoms with E-state index in [-0.39, 0.29) is 28.7 Å². The summed E-state index contributed by atoms with van der Waals surface area (Å²) in [5.41, 5.74) is 4.63. The zero-order valence-corrected chi connectivity index (χ0v) is 19.6. The molecule has 1 saturated heterocycles. The molecule has 2 heterocycles. The molecule has 4 rings (SSSR count). The van der Waals surface area contributed by atoms with Crippen molar-refractivity contribution in [1.82, 2.24) is 10.3 Å². The van der Waals surface area contributed by atoms with E-state index in [0.717, 1.165) is 23.1 Å². The van der Waals surface area contributed by atoms with E-state index in [1.807, 2.05) is 43.3 Å². The summed E-state index contributed by atoms with van der Waals surface area (Å²) in [5.74, 6) is 0.897. The standard InChI is InChI=1S/C28H30N2O3/c1-18-5-12-22(13-6-18)33-25-15-14-24(30-27(25)32)23(17-21-11-16-26(31)29-21)19-7-9-20(10-8-19)28(2,3)4/h5-10,12-15,17,21H,11,16H2,1-4H3,(H,29,31)(H,30,32)/t21-/m1/s1. The topological polar surface area (TPSA) is 71.2 Å². The van der Waals surface area contributed by atoms with Gasteiger partial charge in [-0.25, -0.2) is 0 Å². The van der Waals surface area contributed by atoms with Gasteiger partial charge in [-0.1, -0.05) is 68.8 Å². The van der Waals surface area contributed by atoms with Gasteiger partial charge in [-0.05, 0) is 54.2 Å². The van der Waals surface area contributed by atoms with E-state index in [4.69, 9.17) is 4.74 Å². The van der Waals surface area contributed by atoms with Crippen LogP contribution in [0, 0.1) is 6.92 Å². The first-order valence-electron chi connectivity index (χ1n) is 11.3. The van der Waals surface area contributed by atoms with Crippen LogP contribution in [-0.2, 0) is 10.2 Å². The summed E-state index contributed by atoms with van der Waals surface area (Å²) in [6, 6.07) is 19.4. The molecular formula is C28H30N2O3. The molecule has 170 valence electrons. The average molecular weight is 443 g/mol. The number of pyridine rings is 1. The Labute approximate surface area is 194 Å². The molecule has 1 atom stereocenters. The van der Waals surface area contributed by atoms with Crippen LogP contribution in [0.4, 0.5) is 0 Å². The lowest BCUT2D eigenvalue weighted by atomic mass is 9.86. The highest BCUT2D eigenvalue weighted by atomic mass is 16.5. The molecule has 1 aliphatic rings. The Balaban J connectivity index is 1.69. The van der Waals surface area contributed by atoms with E-state index < -0.39 is 0 Å². The fraction of sp³-hybridized carbons (Fsp3) is 0.286. The highest BCUT2D eigenvalue weighted by molar-refractivity contribution is 5.82. The Morgan fingerprint density at radius 1 is 0.970 bits per heavy atom. The van der Waals surface area contributed by atoms with E-state index in [1.165, 1.54) is 5.56 Å². The molecule has 0 bridgehead atoms. The van der Waals surface area contributed by atoms with Gasteiger partial charge in [0.15, 0.2) is 5.75 Å². The molecule has 1 aromatic heterocycles. The second-order valence-electron chi connectivity index (χ2n) is 9.60. The Hall–Kier alpha value is -3.60. The van der Waals surface area contributed by atoms with E-state index in [2.05, 4.69) is 55.3 Å². The van der Waals surface area contributed by atoms with Gasteiger partial charge in [0.2, 0.25) is 5.91 Å². The molecule has 0 saturated carbocycles. The summed E-state index contributed by atoms with van der Waals surface area (Å²) in [6.07, 6.45) is 3.28. The summed E-state index contributed by atoms with van der Waals surface area (Å²) in [4.78, 5) is 27.6. The highest BCUT2D eigenvalue weighted by Gasteiger charge is 2.21. The lowest BCUT2D eigenvalue weighted by Gasteiger charge is -2.20. The maximum absolute atomic E-state index is 12.8. The van der Waals surface area contributed by atoms with Crippen LogP contribution in [0.2, 0.25) is 0 Å². The van der Waals surface area contributed by atoms with Crippen molar-refractivity contribution in [3.05, 3.63) is 99.5 Å². The van der Waals surface area contributed by atoms with Crippen molar-refractivity contribution in [2.24, 2.45) is 0 Å². The number of hydrogen-bond donors (Lipinski definition) is 2. The molecule has 0 spiro atoms. The van der Waals surface area contributed by atoms with Crippen LogP contribution in [0.15, 0.2) is 71.5 Å². The van der Waals surface area contributed by atoms with Gasteiger partial charge in [0, 0.05) is 23.7 Å². The van der Waals surface area contributed by atoms with Crippen LogP contribution in [0.3, 0.4) is 0 Å². The maximum atomic E-state index is 12.8. The number of carbonyl (C=O) groups excluding carboxylic acids is 1.